The maximum atomic E-state index is 11.9. The fraction of sp³-hybridized carbons (Fsp3) is 0.516. The van der Waals surface area contributed by atoms with Crippen molar-refractivity contribution in [2.75, 3.05) is 32.1 Å². The van der Waals surface area contributed by atoms with Crippen molar-refractivity contribution in [1.29, 1.82) is 0 Å². The zero-order chi connectivity index (χ0) is 29.1. The lowest BCUT2D eigenvalue weighted by Crippen LogP contribution is -2.13. The molecule has 0 aliphatic carbocycles. The number of carbonyl (C=O) groups is 1. The average Bonchev–Trinajstić information content (AvgIpc) is 3.66. The summed E-state index contributed by atoms with van der Waals surface area (Å²) < 4.78 is 12.4. The molecule has 3 heterocycles. The van der Waals surface area contributed by atoms with Gasteiger partial charge in [-0.3, -0.25) is 4.79 Å². The lowest BCUT2D eigenvalue weighted by atomic mass is 10.1. The zero-order valence-electron chi connectivity index (χ0n) is 23.5. The van der Waals surface area contributed by atoms with Crippen molar-refractivity contribution >= 4 is 50.8 Å². The van der Waals surface area contributed by atoms with Gasteiger partial charge in [0.15, 0.2) is 0 Å². The van der Waals surface area contributed by atoms with Crippen LogP contribution in [0, 0.1) is 13.1 Å². The third kappa shape index (κ3) is 12.5. The molecule has 0 bridgehead atoms. The molecule has 0 radical (unpaired) electrons. The first-order chi connectivity index (χ1) is 20.1. The molecule has 1 aromatic heterocycles. The average molecular weight is 614 g/mol. The first-order valence-corrected chi connectivity index (χ1v) is 17.4. The third-order valence-electron chi connectivity index (χ3n) is 6.55. The minimum Gasteiger partial charge on any atom is -0.466 e. The second kappa shape index (κ2) is 19.6. The number of rotatable bonds is 17. The molecule has 2 aliphatic heterocycles. The molecule has 1 saturated heterocycles. The third-order valence-corrected chi connectivity index (χ3v) is 10.7. The van der Waals surface area contributed by atoms with E-state index in [0.29, 0.717) is 17.6 Å². The number of aliphatic hydroxyl groups excluding tert-OH is 1. The minimum atomic E-state index is -0.0705. The number of nitrogens with zero attached hydrogens (tertiary/aromatic N) is 3. The van der Waals surface area contributed by atoms with E-state index in [1.165, 1.54) is 29.9 Å². The fourth-order valence-corrected chi connectivity index (χ4v) is 8.36. The van der Waals surface area contributed by atoms with Crippen molar-refractivity contribution in [3.63, 3.8) is 0 Å². The largest absolute Gasteiger partial charge is 0.537 e. The number of aliphatic hydroxyl groups is 1. The van der Waals surface area contributed by atoms with Crippen LogP contribution in [0.4, 0.5) is 0 Å². The Balaban J connectivity index is 1.32. The van der Waals surface area contributed by atoms with E-state index in [0.717, 1.165) is 66.0 Å². The standard InChI is InChI=1S/C31H39N3O4S3/c1-32-31(33-2)30-26(24-37-21-19-35)23-28(40-30)12-11-25-13-17-34(18-14-25)16-7-3-4-8-20-38-29(36)10-6-5-9-27-15-22-39-41-27/h11-14,17-18,23,27,35H,3-10,15-16,19-22,24H2/b28-12+. The van der Waals surface area contributed by atoms with E-state index in [1.54, 1.807) is 0 Å². The first-order valence-electron chi connectivity index (χ1n) is 14.2. The number of allylic oxidation sites excluding steroid dienone is 4. The van der Waals surface area contributed by atoms with Crippen LogP contribution >= 0.6 is 32.9 Å². The van der Waals surface area contributed by atoms with Crippen LogP contribution in [0.15, 0.2) is 42.3 Å². The molecule has 7 nitrogen and oxygen atoms in total. The number of esters is 1. The van der Waals surface area contributed by atoms with Crippen LogP contribution in [-0.2, 0) is 20.9 Å². The molecule has 0 saturated carbocycles. The fourth-order valence-electron chi connectivity index (χ4n) is 4.32. The Kier molecular flexibility index (Phi) is 15.8. The number of hydrogen-bond acceptors (Lipinski definition) is 8. The SMILES string of the molecule is [C-]#[N+]C([N+]#[C-])=c1s/c(=C/C=C2C=CN(CCCCCCOC(=O)CCCCC3CCSS3)C=C2)cc1COCCO. The molecule has 1 aromatic rings. The van der Waals surface area contributed by atoms with Crippen molar-refractivity contribution in [2.45, 2.75) is 69.6 Å². The molecular formula is C31H39N3O4S3. The van der Waals surface area contributed by atoms with Gasteiger partial charge in [0, 0.05) is 40.9 Å². The predicted molar refractivity (Wildman–Crippen MR) is 171 cm³/mol. The highest BCUT2D eigenvalue weighted by Crippen LogP contribution is 2.39. The van der Waals surface area contributed by atoms with Gasteiger partial charge in [-0.05, 0) is 74.0 Å². The summed E-state index contributed by atoms with van der Waals surface area (Å²) in [5, 5.41) is 9.74. The van der Waals surface area contributed by atoms with E-state index >= 15 is 0 Å². The Morgan fingerprint density at radius 3 is 2.61 bits per heavy atom. The van der Waals surface area contributed by atoms with Crippen LogP contribution in [-0.4, -0.2) is 53.3 Å². The number of thiophene rings is 1. The molecule has 3 rings (SSSR count). The number of ether oxygens (including phenoxy) is 2. The molecule has 1 N–H and O–H groups in total. The van der Waals surface area contributed by atoms with Crippen LogP contribution in [0.5, 0.6) is 0 Å². The van der Waals surface area contributed by atoms with Crippen molar-refractivity contribution in [3.05, 3.63) is 79.7 Å². The van der Waals surface area contributed by atoms with Gasteiger partial charge in [-0.15, -0.1) is 11.3 Å². The van der Waals surface area contributed by atoms with Gasteiger partial charge >= 0.3 is 11.8 Å². The molecule has 1 unspecified atom stereocenters. The summed E-state index contributed by atoms with van der Waals surface area (Å²) in [6.45, 7) is 16.4. The molecular weight excluding hydrogens is 575 g/mol. The van der Waals surface area contributed by atoms with Gasteiger partial charge in [-0.2, -0.15) is 9.69 Å². The van der Waals surface area contributed by atoms with Gasteiger partial charge in [0.1, 0.15) is 17.7 Å². The Morgan fingerprint density at radius 1 is 1.07 bits per heavy atom. The predicted octanol–water partition coefficient (Wildman–Crippen LogP) is 6.03. The smallest absolute Gasteiger partial charge is 0.466 e. The van der Waals surface area contributed by atoms with Crippen LogP contribution in [0.2, 0.25) is 0 Å². The summed E-state index contributed by atoms with van der Waals surface area (Å²) in [4.78, 5) is 20.8. The van der Waals surface area contributed by atoms with Gasteiger partial charge in [0.2, 0.25) is 0 Å². The molecule has 1 atom stereocenters. The lowest BCUT2D eigenvalue weighted by molar-refractivity contribution is -0.143. The minimum absolute atomic E-state index is 0.0396. The van der Waals surface area contributed by atoms with E-state index < -0.39 is 0 Å². The van der Waals surface area contributed by atoms with E-state index in [1.807, 2.05) is 39.8 Å². The molecule has 0 spiro atoms. The topological polar surface area (TPSA) is 67.7 Å². The first kappa shape index (κ1) is 33.0. The van der Waals surface area contributed by atoms with Crippen molar-refractivity contribution in [2.24, 2.45) is 0 Å². The maximum Gasteiger partial charge on any atom is 0.537 e. The van der Waals surface area contributed by atoms with Gasteiger partial charge in [-0.25, -0.2) is 0 Å². The van der Waals surface area contributed by atoms with Gasteiger partial charge in [0.25, 0.3) is 0 Å². The normalized spacial score (nSPS) is 16.6. The van der Waals surface area contributed by atoms with Crippen LogP contribution < -0.4 is 9.06 Å². The molecule has 0 amide bonds. The molecule has 220 valence electrons. The molecule has 41 heavy (non-hydrogen) atoms. The van der Waals surface area contributed by atoms with Crippen molar-refractivity contribution in [3.8, 4) is 0 Å². The summed E-state index contributed by atoms with van der Waals surface area (Å²) in [5.74, 6) is 1.26. The summed E-state index contributed by atoms with van der Waals surface area (Å²) in [7, 11) is 3.97. The van der Waals surface area contributed by atoms with Gasteiger partial charge in [0.05, 0.1) is 26.4 Å². The Bertz CT molecular complexity index is 1230. The van der Waals surface area contributed by atoms with Crippen molar-refractivity contribution < 1.29 is 19.4 Å². The zero-order valence-corrected chi connectivity index (χ0v) is 25.9. The highest BCUT2D eigenvalue weighted by atomic mass is 33.1. The number of hydrogen-bond donors (Lipinski definition) is 1. The monoisotopic (exact) mass is 613 g/mol. The van der Waals surface area contributed by atoms with Crippen molar-refractivity contribution in [1.82, 2.24) is 4.90 Å². The van der Waals surface area contributed by atoms with E-state index in [4.69, 9.17) is 27.7 Å². The van der Waals surface area contributed by atoms with Crippen LogP contribution in [0.3, 0.4) is 0 Å². The summed E-state index contributed by atoms with van der Waals surface area (Å²) >= 11 is 1.40. The Morgan fingerprint density at radius 2 is 1.88 bits per heavy atom. The summed E-state index contributed by atoms with van der Waals surface area (Å²) in [5.41, 5.74) is 1.85. The number of unbranched alkanes of at least 4 members (excludes halogenated alkanes) is 4. The molecule has 2 aliphatic rings. The number of carbonyl (C=O) groups excluding carboxylic acids is 1. The van der Waals surface area contributed by atoms with Crippen LogP contribution in [0.1, 0.15) is 63.4 Å². The van der Waals surface area contributed by atoms with E-state index in [-0.39, 0.29) is 31.6 Å². The maximum absolute atomic E-state index is 11.9. The summed E-state index contributed by atoms with van der Waals surface area (Å²) in [6.07, 6.45) is 21.6. The highest BCUT2D eigenvalue weighted by molar-refractivity contribution is 8.77. The molecule has 10 heteroatoms. The molecule has 0 aromatic carbocycles. The van der Waals surface area contributed by atoms with Gasteiger partial charge in [-0.1, -0.05) is 40.5 Å². The second-order valence-electron chi connectivity index (χ2n) is 9.74. The quantitative estimate of drug-likeness (QED) is 0.0996. The lowest BCUT2D eigenvalue weighted by Gasteiger charge is -2.18. The Hall–Kier alpha value is -2.47. The van der Waals surface area contributed by atoms with Gasteiger partial charge < -0.3 is 19.5 Å². The van der Waals surface area contributed by atoms with E-state index in [9.17, 15) is 4.79 Å². The summed E-state index contributed by atoms with van der Waals surface area (Å²) in [6, 6.07) is 1.94. The highest BCUT2D eigenvalue weighted by Gasteiger charge is 2.16. The second-order valence-corrected chi connectivity index (χ2v) is 13.6. The Labute approximate surface area is 255 Å². The van der Waals surface area contributed by atoms with Crippen LogP contribution in [0.25, 0.3) is 21.6 Å². The van der Waals surface area contributed by atoms with E-state index in [2.05, 4.69) is 39.1 Å². The molecule has 1 fully saturated rings.